The molecule has 0 aliphatic rings. The predicted octanol–water partition coefficient (Wildman–Crippen LogP) is 3.62. The van der Waals surface area contributed by atoms with E-state index in [1.54, 1.807) is 18.2 Å². The molecule has 20 heavy (non-hydrogen) atoms. The van der Waals surface area contributed by atoms with Crippen molar-refractivity contribution in [3.8, 4) is 0 Å². The van der Waals surface area contributed by atoms with Gasteiger partial charge in [0.1, 0.15) is 5.82 Å². The molecule has 1 heterocycles. The van der Waals surface area contributed by atoms with E-state index in [2.05, 4.69) is 4.98 Å². The number of thiazole rings is 1. The van der Waals surface area contributed by atoms with E-state index in [-0.39, 0.29) is 18.2 Å². The van der Waals surface area contributed by atoms with E-state index < -0.39 is 5.97 Å². The molecule has 0 saturated heterocycles. The normalized spacial score (nSPS) is 11.0. The van der Waals surface area contributed by atoms with Crippen LogP contribution in [-0.4, -0.2) is 16.1 Å². The number of hydrogen-bond donors (Lipinski definition) is 1. The smallest absolute Gasteiger partial charge is 0.308 e. The lowest BCUT2D eigenvalue weighted by Gasteiger charge is -2.02. The van der Waals surface area contributed by atoms with E-state index in [1.807, 2.05) is 13.8 Å². The van der Waals surface area contributed by atoms with Crippen LogP contribution < -0.4 is 0 Å². The molecule has 1 aromatic carbocycles. The second-order valence-electron chi connectivity index (χ2n) is 4.91. The van der Waals surface area contributed by atoms with Gasteiger partial charge in [-0.15, -0.1) is 11.3 Å². The Bertz CT molecular complexity index is 622. The number of carboxylic acids is 1. The Balaban J connectivity index is 2.29. The maximum atomic E-state index is 13.6. The Labute approximate surface area is 121 Å². The molecule has 0 atom stereocenters. The topological polar surface area (TPSA) is 50.2 Å². The summed E-state index contributed by atoms with van der Waals surface area (Å²) in [5.41, 5.74) is 1.39. The second-order valence-corrected chi connectivity index (χ2v) is 6.08. The minimum Gasteiger partial charge on any atom is -0.481 e. The molecule has 106 valence electrons. The van der Waals surface area contributed by atoms with Crippen molar-refractivity contribution in [3.05, 3.63) is 51.2 Å². The lowest BCUT2D eigenvalue weighted by atomic mass is 10.1. The minimum atomic E-state index is -0.868. The molecule has 0 unspecified atom stereocenters. The molecular formula is C15H16FNO2S. The SMILES string of the molecule is CC(C)c1nc(Cc2ccccc2F)sc1CC(=O)O. The first-order valence-corrected chi connectivity index (χ1v) is 7.22. The largest absolute Gasteiger partial charge is 0.481 e. The number of nitrogens with zero attached hydrogens (tertiary/aromatic N) is 1. The van der Waals surface area contributed by atoms with Gasteiger partial charge < -0.3 is 5.11 Å². The summed E-state index contributed by atoms with van der Waals surface area (Å²) in [7, 11) is 0. The fourth-order valence-electron chi connectivity index (χ4n) is 2.01. The highest BCUT2D eigenvalue weighted by atomic mass is 32.1. The molecule has 0 saturated carbocycles. The molecule has 2 aromatic rings. The van der Waals surface area contributed by atoms with Crippen molar-refractivity contribution in [2.24, 2.45) is 0 Å². The van der Waals surface area contributed by atoms with Crippen molar-refractivity contribution in [2.45, 2.75) is 32.6 Å². The lowest BCUT2D eigenvalue weighted by molar-refractivity contribution is -0.136. The van der Waals surface area contributed by atoms with E-state index >= 15 is 0 Å². The third-order valence-electron chi connectivity index (χ3n) is 2.93. The summed E-state index contributed by atoms with van der Waals surface area (Å²) >= 11 is 1.36. The van der Waals surface area contributed by atoms with Crippen molar-refractivity contribution in [3.63, 3.8) is 0 Å². The highest BCUT2D eigenvalue weighted by molar-refractivity contribution is 7.11. The highest BCUT2D eigenvalue weighted by Crippen LogP contribution is 2.27. The average molecular weight is 293 g/mol. The number of aromatic nitrogens is 1. The summed E-state index contributed by atoms with van der Waals surface area (Å²) in [5, 5.41) is 9.69. The van der Waals surface area contributed by atoms with Crippen LogP contribution in [0.4, 0.5) is 4.39 Å². The lowest BCUT2D eigenvalue weighted by Crippen LogP contribution is -2.02. The zero-order valence-electron chi connectivity index (χ0n) is 11.4. The van der Waals surface area contributed by atoms with E-state index in [1.165, 1.54) is 17.4 Å². The van der Waals surface area contributed by atoms with Gasteiger partial charge in [-0.3, -0.25) is 4.79 Å². The van der Waals surface area contributed by atoms with E-state index in [9.17, 15) is 9.18 Å². The fraction of sp³-hybridized carbons (Fsp3) is 0.333. The molecule has 0 aliphatic heterocycles. The van der Waals surface area contributed by atoms with Gasteiger partial charge in [0.2, 0.25) is 0 Å². The van der Waals surface area contributed by atoms with Gasteiger partial charge in [0.15, 0.2) is 0 Å². The van der Waals surface area contributed by atoms with Crippen molar-refractivity contribution in [1.29, 1.82) is 0 Å². The predicted molar refractivity (Wildman–Crippen MR) is 76.7 cm³/mol. The maximum absolute atomic E-state index is 13.6. The summed E-state index contributed by atoms with van der Waals surface area (Å²) < 4.78 is 13.6. The number of rotatable bonds is 5. The Kier molecular flexibility index (Phi) is 4.49. The Morgan fingerprint density at radius 3 is 2.70 bits per heavy atom. The Hall–Kier alpha value is -1.75. The second kappa shape index (κ2) is 6.13. The number of carboxylic acid groups (broad SMARTS) is 1. The number of hydrogen-bond acceptors (Lipinski definition) is 3. The third kappa shape index (κ3) is 3.42. The Morgan fingerprint density at radius 2 is 2.10 bits per heavy atom. The van der Waals surface area contributed by atoms with Crippen molar-refractivity contribution >= 4 is 17.3 Å². The average Bonchev–Trinajstić information content (AvgIpc) is 2.74. The van der Waals surface area contributed by atoms with Crippen molar-refractivity contribution in [1.82, 2.24) is 4.98 Å². The van der Waals surface area contributed by atoms with Crippen LogP contribution in [0.2, 0.25) is 0 Å². The third-order valence-corrected chi connectivity index (χ3v) is 4.00. The summed E-state index contributed by atoms with van der Waals surface area (Å²) in [6.07, 6.45) is 0.374. The number of benzene rings is 1. The van der Waals surface area contributed by atoms with Crippen LogP contribution in [0.5, 0.6) is 0 Å². The Morgan fingerprint density at radius 1 is 1.40 bits per heavy atom. The minimum absolute atomic E-state index is 0.0253. The molecule has 0 amide bonds. The quantitative estimate of drug-likeness (QED) is 0.916. The van der Waals surface area contributed by atoms with Crippen molar-refractivity contribution in [2.75, 3.05) is 0 Å². The molecule has 0 radical (unpaired) electrons. The van der Waals surface area contributed by atoms with Gasteiger partial charge in [0, 0.05) is 11.3 Å². The maximum Gasteiger partial charge on any atom is 0.308 e. The van der Waals surface area contributed by atoms with Gasteiger partial charge >= 0.3 is 5.97 Å². The van der Waals surface area contributed by atoms with Gasteiger partial charge in [-0.05, 0) is 17.5 Å². The van der Waals surface area contributed by atoms with Crippen LogP contribution in [0, 0.1) is 5.82 Å². The van der Waals surface area contributed by atoms with Crippen LogP contribution in [0.3, 0.4) is 0 Å². The zero-order valence-corrected chi connectivity index (χ0v) is 12.2. The molecule has 0 spiro atoms. The summed E-state index contributed by atoms with van der Waals surface area (Å²) in [4.78, 5) is 16.1. The zero-order chi connectivity index (χ0) is 14.7. The fourth-order valence-corrected chi connectivity index (χ4v) is 3.25. The molecule has 2 rings (SSSR count). The molecule has 0 aliphatic carbocycles. The molecular weight excluding hydrogens is 277 g/mol. The molecule has 0 bridgehead atoms. The summed E-state index contributed by atoms with van der Waals surface area (Å²) in [6.45, 7) is 3.96. The van der Waals surface area contributed by atoms with E-state index in [0.29, 0.717) is 12.0 Å². The number of carbonyl (C=O) groups is 1. The van der Waals surface area contributed by atoms with E-state index in [4.69, 9.17) is 5.11 Å². The molecule has 1 N–H and O–H groups in total. The van der Waals surface area contributed by atoms with Crippen LogP contribution >= 0.6 is 11.3 Å². The monoisotopic (exact) mass is 293 g/mol. The summed E-state index contributed by atoms with van der Waals surface area (Å²) in [5.74, 6) is -0.962. The van der Waals surface area contributed by atoms with Gasteiger partial charge in [-0.25, -0.2) is 9.37 Å². The number of halogens is 1. The van der Waals surface area contributed by atoms with Crippen molar-refractivity contribution < 1.29 is 14.3 Å². The highest BCUT2D eigenvalue weighted by Gasteiger charge is 2.17. The van der Waals surface area contributed by atoms with Crippen LogP contribution in [0.1, 0.15) is 40.9 Å². The first-order chi connectivity index (χ1) is 9.47. The van der Waals surface area contributed by atoms with Gasteiger partial charge in [-0.1, -0.05) is 32.0 Å². The van der Waals surface area contributed by atoms with Crippen LogP contribution in [-0.2, 0) is 17.6 Å². The van der Waals surface area contributed by atoms with E-state index in [0.717, 1.165) is 15.6 Å². The molecule has 5 heteroatoms. The summed E-state index contributed by atoms with van der Waals surface area (Å²) in [6, 6.07) is 6.58. The van der Waals surface area contributed by atoms with Gasteiger partial charge in [0.05, 0.1) is 17.1 Å². The first kappa shape index (κ1) is 14.7. The number of aliphatic carboxylic acids is 1. The van der Waals surface area contributed by atoms with Gasteiger partial charge in [0.25, 0.3) is 0 Å². The standard InChI is InChI=1S/C15H16FNO2S/c1-9(2)15-12(8-14(18)19)20-13(17-15)7-10-5-3-4-6-11(10)16/h3-6,9H,7-8H2,1-2H3,(H,18,19). The molecule has 1 aromatic heterocycles. The van der Waals surface area contributed by atoms with Crippen LogP contribution in [0.15, 0.2) is 24.3 Å². The molecule has 3 nitrogen and oxygen atoms in total. The van der Waals surface area contributed by atoms with Crippen LogP contribution in [0.25, 0.3) is 0 Å². The van der Waals surface area contributed by atoms with Gasteiger partial charge in [-0.2, -0.15) is 0 Å². The molecule has 0 fully saturated rings. The first-order valence-electron chi connectivity index (χ1n) is 6.41.